The van der Waals surface area contributed by atoms with Crippen molar-refractivity contribution < 1.29 is 14.4 Å². The van der Waals surface area contributed by atoms with E-state index in [0.29, 0.717) is 31.7 Å². The Balaban J connectivity index is 1.56. The first-order valence-electron chi connectivity index (χ1n) is 10.3. The molecule has 28 heavy (non-hydrogen) atoms. The summed E-state index contributed by atoms with van der Waals surface area (Å²) in [5.74, 6) is 0.323. The first-order valence-corrected chi connectivity index (χ1v) is 10.3. The van der Waals surface area contributed by atoms with E-state index < -0.39 is 5.41 Å². The third-order valence-corrected chi connectivity index (χ3v) is 6.77. The molecule has 4 rings (SSSR count). The zero-order valence-corrected chi connectivity index (χ0v) is 16.8. The highest BCUT2D eigenvalue weighted by Crippen LogP contribution is 2.45. The van der Waals surface area contributed by atoms with Gasteiger partial charge in [0.2, 0.25) is 11.8 Å². The molecule has 1 aliphatic carbocycles. The Kier molecular flexibility index (Phi) is 4.89. The van der Waals surface area contributed by atoms with Crippen molar-refractivity contribution >= 4 is 17.7 Å². The molecule has 6 heteroatoms. The fourth-order valence-corrected chi connectivity index (χ4v) is 5.33. The van der Waals surface area contributed by atoms with E-state index in [2.05, 4.69) is 0 Å². The van der Waals surface area contributed by atoms with E-state index in [9.17, 15) is 14.4 Å². The number of amides is 3. The quantitative estimate of drug-likeness (QED) is 0.801. The standard InChI is InChI=1S/C22H29N3O3/c1-23(2)21(28)22-14-24(19(26)16-8-4-3-5-9-16)12-18(22)13-25(15-22)20(27)17-10-6-7-11-17/h3-5,8-9,17-18H,6-7,10-15H2,1-2H3/t18-,22-/m0/s1. The van der Waals surface area contributed by atoms with Crippen LogP contribution in [0.2, 0.25) is 0 Å². The van der Waals surface area contributed by atoms with Gasteiger partial charge in [0.25, 0.3) is 5.91 Å². The number of rotatable bonds is 3. The van der Waals surface area contributed by atoms with E-state index in [0.717, 1.165) is 25.7 Å². The minimum Gasteiger partial charge on any atom is -0.348 e. The normalized spacial score (nSPS) is 27.1. The van der Waals surface area contributed by atoms with E-state index >= 15 is 0 Å². The molecule has 0 bridgehead atoms. The summed E-state index contributed by atoms with van der Waals surface area (Å²) in [5.41, 5.74) is -0.0313. The van der Waals surface area contributed by atoms with Gasteiger partial charge in [-0.15, -0.1) is 0 Å². The summed E-state index contributed by atoms with van der Waals surface area (Å²) in [5, 5.41) is 0. The number of likely N-dealkylation sites (tertiary alicyclic amines) is 2. The van der Waals surface area contributed by atoms with Gasteiger partial charge in [-0.2, -0.15) is 0 Å². The second kappa shape index (κ2) is 7.22. The van der Waals surface area contributed by atoms with Crippen LogP contribution < -0.4 is 0 Å². The van der Waals surface area contributed by atoms with Gasteiger partial charge in [0.1, 0.15) is 0 Å². The molecule has 2 atom stereocenters. The van der Waals surface area contributed by atoms with Crippen LogP contribution >= 0.6 is 0 Å². The molecule has 0 N–H and O–H groups in total. The summed E-state index contributed by atoms with van der Waals surface area (Å²) >= 11 is 0. The van der Waals surface area contributed by atoms with Crippen LogP contribution in [-0.4, -0.2) is 72.7 Å². The summed E-state index contributed by atoms with van der Waals surface area (Å²) in [6.45, 7) is 1.93. The number of carbonyl (C=O) groups excluding carboxylic acids is 3. The van der Waals surface area contributed by atoms with Crippen LogP contribution in [0.15, 0.2) is 30.3 Å². The zero-order chi connectivity index (χ0) is 19.9. The number of benzene rings is 1. The fraction of sp³-hybridized carbons (Fsp3) is 0.591. The average molecular weight is 383 g/mol. The van der Waals surface area contributed by atoms with E-state index in [1.807, 2.05) is 35.2 Å². The van der Waals surface area contributed by atoms with Crippen molar-refractivity contribution in [3.05, 3.63) is 35.9 Å². The second-order valence-electron chi connectivity index (χ2n) is 8.80. The Morgan fingerprint density at radius 2 is 1.57 bits per heavy atom. The molecule has 3 aliphatic rings. The lowest BCUT2D eigenvalue weighted by Crippen LogP contribution is -2.48. The molecule has 3 fully saturated rings. The van der Waals surface area contributed by atoms with Crippen molar-refractivity contribution in [2.24, 2.45) is 17.3 Å². The maximum Gasteiger partial charge on any atom is 0.253 e. The molecular formula is C22H29N3O3. The minimum absolute atomic E-state index is 0.000385. The SMILES string of the molecule is CN(C)C(=O)[C@]12CN(C(=O)c3ccccc3)C[C@H]1CN(C(=O)C1CCCC1)C2. The maximum atomic E-state index is 13.2. The predicted octanol–water partition coefficient (Wildman–Crippen LogP) is 1.87. The predicted molar refractivity (Wildman–Crippen MR) is 106 cm³/mol. The van der Waals surface area contributed by atoms with Crippen molar-refractivity contribution in [1.29, 1.82) is 0 Å². The lowest BCUT2D eigenvalue weighted by atomic mass is 9.79. The summed E-state index contributed by atoms with van der Waals surface area (Å²) < 4.78 is 0. The van der Waals surface area contributed by atoms with Gasteiger partial charge in [-0.3, -0.25) is 14.4 Å². The third kappa shape index (κ3) is 3.09. The first-order chi connectivity index (χ1) is 13.4. The van der Waals surface area contributed by atoms with Gasteiger partial charge in [0, 0.05) is 57.7 Å². The summed E-state index contributed by atoms with van der Waals surface area (Å²) in [4.78, 5) is 44.5. The largest absolute Gasteiger partial charge is 0.348 e. The molecule has 0 aromatic heterocycles. The highest BCUT2D eigenvalue weighted by atomic mass is 16.2. The number of hydrogen-bond donors (Lipinski definition) is 0. The minimum atomic E-state index is -0.678. The smallest absolute Gasteiger partial charge is 0.253 e. The van der Waals surface area contributed by atoms with Gasteiger partial charge < -0.3 is 14.7 Å². The molecule has 150 valence electrons. The van der Waals surface area contributed by atoms with E-state index in [-0.39, 0.29) is 29.6 Å². The molecule has 2 aliphatic heterocycles. The number of hydrogen-bond acceptors (Lipinski definition) is 3. The molecule has 3 amide bonds. The molecule has 1 saturated carbocycles. The molecule has 2 saturated heterocycles. The number of nitrogens with zero attached hydrogens (tertiary/aromatic N) is 3. The fourth-order valence-electron chi connectivity index (χ4n) is 5.33. The van der Waals surface area contributed by atoms with Crippen LogP contribution in [0.25, 0.3) is 0 Å². The van der Waals surface area contributed by atoms with Gasteiger partial charge in [-0.25, -0.2) is 0 Å². The molecule has 0 spiro atoms. The monoisotopic (exact) mass is 383 g/mol. The van der Waals surface area contributed by atoms with Gasteiger partial charge in [-0.1, -0.05) is 31.0 Å². The Morgan fingerprint density at radius 3 is 2.21 bits per heavy atom. The van der Waals surface area contributed by atoms with Crippen LogP contribution in [0, 0.1) is 17.3 Å². The van der Waals surface area contributed by atoms with Crippen molar-refractivity contribution in [2.45, 2.75) is 25.7 Å². The van der Waals surface area contributed by atoms with Crippen molar-refractivity contribution in [3.8, 4) is 0 Å². The molecule has 1 aromatic carbocycles. The number of carbonyl (C=O) groups is 3. The van der Waals surface area contributed by atoms with Gasteiger partial charge in [0.05, 0.1) is 5.41 Å². The van der Waals surface area contributed by atoms with Crippen LogP contribution in [0.5, 0.6) is 0 Å². The molecule has 0 unspecified atom stereocenters. The number of fused-ring (bicyclic) bond motifs is 1. The molecule has 6 nitrogen and oxygen atoms in total. The van der Waals surface area contributed by atoms with E-state index in [4.69, 9.17) is 0 Å². The zero-order valence-electron chi connectivity index (χ0n) is 16.8. The highest BCUT2D eigenvalue weighted by molar-refractivity contribution is 5.96. The van der Waals surface area contributed by atoms with Crippen LogP contribution in [0.1, 0.15) is 36.0 Å². The Morgan fingerprint density at radius 1 is 0.964 bits per heavy atom. The maximum absolute atomic E-state index is 13.2. The van der Waals surface area contributed by atoms with Crippen LogP contribution in [0.3, 0.4) is 0 Å². The highest BCUT2D eigenvalue weighted by Gasteiger charge is 2.59. The average Bonchev–Trinajstić information content (AvgIpc) is 3.41. The summed E-state index contributed by atoms with van der Waals surface area (Å²) in [7, 11) is 3.52. The van der Waals surface area contributed by atoms with Crippen molar-refractivity contribution in [3.63, 3.8) is 0 Å². The Labute approximate surface area is 166 Å². The summed E-state index contributed by atoms with van der Waals surface area (Å²) in [6, 6.07) is 9.22. The topological polar surface area (TPSA) is 60.9 Å². The van der Waals surface area contributed by atoms with Gasteiger partial charge in [-0.05, 0) is 25.0 Å². The molecule has 0 radical (unpaired) electrons. The first kappa shape index (κ1) is 19.0. The Bertz CT molecular complexity index is 772. The Hall–Kier alpha value is -2.37. The summed E-state index contributed by atoms with van der Waals surface area (Å²) in [6.07, 6.45) is 4.17. The van der Waals surface area contributed by atoms with E-state index in [1.54, 1.807) is 23.9 Å². The second-order valence-corrected chi connectivity index (χ2v) is 8.80. The van der Waals surface area contributed by atoms with Crippen LogP contribution in [0.4, 0.5) is 0 Å². The van der Waals surface area contributed by atoms with E-state index in [1.165, 1.54) is 0 Å². The van der Waals surface area contributed by atoms with Crippen molar-refractivity contribution in [1.82, 2.24) is 14.7 Å². The van der Waals surface area contributed by atoms with Crippen molar-refractivity contribution in [2.75, 3.05) is 40.3 Å². The van der Waals surface area contributed by atoms with Gasteiger partial charge >= 0.3 is 0 Å². The third-order valence-electron chi connectivity index (χ3n) is 6.77. The lowest BCUT2D eigenvalue weighted by Gasteiger charge is -2.31. The van der Waals surface area contributed by atoms with Gasteiger partial charge in [0.15, 0.2) is 0 Å². The molecule has 2 heterocycles. The van der Waals surface area contributed by atoms with Crippen LogP contribution in [-0.2, 0) is 9.59 Å². The molecular weight excluding hydrogens is 354 g/mol. The molecule has 1 aromatic rings. The lowest BCUT2D eigenvalue weighted by molar-refractivity contribution is -0.140.